The first kappa shape index (κ1) is 11.7. The third kappa shape index (κ3) is 1.74. The van der Waals surface area contributed by atoms with E-state index in [1.807, 2.05) is 18.2 Å². The molecule has 2 unspecified atom stereocenters. The minimum atomic E-state index is -0.672. The third-order valence-corrected chi connectivity index (χ3v) is 4.42. The number of carboxylic acid groups (broad SMARTS) is 1. The normalized spacial score (nSPS) is 30.3. The van der Waals surface area contributed by atoms with Crippen molar-refractivity contribution < 1.29 is 14.6 Å². The Labute approximate surface area is 107 Å². The van der Waals surface area contributed by atoms with Crippen LogP contribution in [0.5, 0.6) is 0 Å². The lowest BCUT2D eigenvalue weighted by atomic mass is 9.74. The minimum Gasteiger partial charge on any atom is -0.481 e. The van der Waals surface area contributed by atoms with Gasteiger partial charge >= 0.3 is 5.97 Å². The monoisotopic (exact) mass is 246 g/mol. The summed E-state index contributed by atoms with van der Waals surface area (Å²) in [5, 5.41) is 9.73. The Morgan fingerprint density at radius 3 is 3.00 bits per heavy atom. The van der Waals surface area contributed by atoms with Crippen molar-refractivity contribution in [1.82, 2.24) is 0 Å². The Kier molecular flexibility index (Phi) is 2.86. The van der Waals surface area contributed by atoms with E-state index in [-0.39, 0.29) is 0 Å². The summed E-state index contributed by atoms with van der Waals surface area (Å²) in [5.74, 6) is -0.272. The average Bonchev–Trinajstić information content (AvgIpc) is 2.99. The van der Waals surface area contributed by atoms with Crippen LogP contribution in [0.15, 0.2) is 24.3 Å². The first-order chi connectivity index (χ1) is 8.72. The van der Waals surface area contributed by atoms with Gasteiger partial charge in [0, 0.05) is 13.2 Å². The van der Waals surface area contributed by atoms with E-state index in [0.29, 0.717) is 5.92 Å². The first-order valence-electron chi connectivity index (χ1n) is 6.62. The van der Waals surface area contributed by atoms with Crippen molar-refractivity contribution in [3.8, 4) is 0 Å². The highest BCUT2D eigenvalue weighted by Crippen LogP contribution is 2.44. The van der Waals surface area contributed by atoms with Gasteiger partial charge in [0.1, 0.15) is 0 Å². The summed E-state index contributed by atoms with van der Waals surface area (Å²) >= 11 is 0. The van der Waals surface area contributed by atoms with E-state index < -0.39 is 11.4 Å². The fraction of sp³-hybridized carbons (Fsp3) is 0.533. The maximum Gasteiger partial charge on any atom is 0.314 e. The zero-order chi connectivity index (χ0) is 12.6. The van der Waals surface area contributed by atoms with Crippen molar-refractivity contribution in [3.05, 3.63) is 35.4 Å². The number of carbonyl (C=O) groups is 1. The number of rotatable bonds is 3. The van der Waals surface area contributed by atoms with Gasteiger partial charge in [-0.25, -0.2) is 0 Å². The van der Waals surface area contributed by atoms with E-state index >= 15 is 0 Å². The Morgan fingerprint density at radius 1 is 1.44 bits per heavy atom. The highest BCUT2D eigenvalue weighted by atomic mass is 16.5. The maximum atomic E-state index is 11.8. The SMILES string of the molecule is O=C(O)C1(CC2CCOC2)CCc2ccccc21. The van der Waals surface area contributed by atoms with Gasteiger partial charge in [-0.3, -0.25) is 4.79 Å². The number of benzene rings is 1. The summed E-state index contributed by atoms with van der Waals surface area (Å²) in [6.45, 7) is 1.50. The van der Waals surface area contributed by atoms with Gasteiger partial charge in [-0.05, 0) is 42.7 Å². The Morgan fingerprint density at radius 2 is 2.28 bits per heavy atom. The molecule has 96 valence electrons. The molecule has 0 amide bonds. The molecule has 1 N–H and O–H groups in total. The molecule has 3 heteroatoms. The molecular weight excluding hydrogens is 228 g/mol. The van der Waals surface area contributed by atoms with Gasteiger partial charge in [0.2, 0.25) is 0 Å². The van der Waals surface area contributed by atoms with Gasteiger partial charge in [0.25, 0.3) is 0 Å². The number of ether oxygens (including phenoxy) is 1. The molecule has 0 spiro atoms. The van der Waals surface area contributed by atoms with Crippen LogP contribution >= 0.6 is 0 Å². The molecule has 18 heavy (non-hydrogen) atoms. The largest absolute Gasteiger partial charge is 0.481 e. The second-order valence-electron chi connectivity index (χ2n) is 5.48. The zero-order valence-electron chi connectivity index (χ0n) is 10.4. The van der Waals surface area contributed by atoms with Crippen molar-refractivity contribution in [2.24, 2.45) is 5.92 Å². The first-order valence-corrected chi connectivity index (χ1v) is 6.62. The molecular formula is C15H18O3. The second kappa shape index (κ2) is 4.39. The smallest absolute Gasteiger partial charge is 0.314 e. The van der Waals surface area contributed by atoms with Gasteiger partial charge in [0.05, 0.1) is 5.41 Å². The maximum absolute atomic E-state index is 11.8. The number of aryl methyl sites for hydroxylation is 1. The van der Waals surface area contributed by atoms with E-state index in [0.717, 1.165) is 44.5 Å². The van der Waals surface area contributed by atoms with Crippen LogP contribution in [0.4, 0.5) is 0 Å². The van der Waals surface area contributed by atoms with Crippen LogP contribution in [0.2, 0.25) is 0 Å². The van der Waals surface area contributed by atoms with E-state index in [2.05, 4.69) is 6.07 Å². The molecule has 2 atom stereocenters. The standard InChI is InChI=1S/C15H18O3/c16-14(17)15(9-11-6-8-18-10-11)7-5-12-3-1-2-4-13(12)15/h1-4,11H,5-10H2,(H,16,17). The van der Waals surface area contributed by atoms with Crippen molar-refractivity contribution >= 4 is 5.97 Å². The van der Waals surface area contributed by atoms with Crippen molar-refractivity contribution in [1.29, 1.82) is 0 Å². The number of carboxylic acids is 1. The van der Waals surface area contributed by atoms with Crippen molar-refractivity contribution in [2.45, 2.75) is 31.1 Å². The number of hydrogen-bond donors (Lipinski definition) is 1. The summed E-state index contributed by atoms with van der Waals surface area (Å²) in [7, 11) is 0. The molecule has 0 radical (unpaired) electrons. The van der Waals surface area contributed by atoms with Gasteiger partial charge < -0.3 is 9.84 Å². The molecule has 2 aliphatic rings. The topological polar surface area (TPSA) is 46.5 Å². The highest BCUT2D eigenvalue weighted by Gasteiger charge is 2.46. The van der Waals surface area contributed by atoms with Crippen molar-refractivity contribution in [3.63, 3.8) is 0 Å². The molecule has 0 bridgehead atoms. The molecule has 1 aromatic carbocycles. The van der Waals surface area contributed by atoms with Crippen LogP contribution in [0, 0.1) is 5.92 Å². The lowest BCUT2D eigenvalue weighted by Gasteiger charge is -2.28. The Balaban J connectivity index is 1.95. The third-order valence-electron chi connectivity index (χ3n) is 4.42. The van der Waals surface area contributed by atoms with E-state index in [9.17, 15) is 9.90 Å². The molecule has 1 aromatic rings. The lowest BCUT2D eigenvalue weighted by molar-refractivity contribution is -0.144. The van der Waals surface area contributed by atoms with Crippen LogP contribution in [-0.4, -0.2) is 24.3 Å². The van der Waals surface area contributed by atoms with Crippen molar-refractivity contribution in [2.75, 3.05) is 13.2 Å². The van der Waals surface area contributed by atoms with Crippen LogP contribution in [0.3, 0.4) is 0 Å². The molecule has 1 saturated heterocycles. The molecule has 1 heterocycles. The highest BCUT2D eigenvalue weighted by molar-refractivity contribution is 5.83. The molecule has 0 aromatic heterocycles. The average molecular weight is 246 g/mol. The predicted molar refractivity (Wildman–Crippen MR) is 67.6 cm³/mol. The number of hydrogen-bond acceptors (Lipinski definition) is 2. The summed E-state index contributed by atoms with van der Waals surface area (Å²) in [4.78, 5) is 11.8. The van der Waals surface area contributed by atoms with E-state index in [4.69, 9.17) is 4.74 Å². The molecule has 1 fully saturated rings. The Bertz CT molecular complexity index is 463. The minimum absolute atomic E-state index is 0.396. The second-order valence-corrected chi connectivity index (χ2v) is 5.48. The van der Waals surface area contributed by atoms with Gasteiger partial charge in [0.15, 0.2) is 0 Å². The summed E-state index contributed by atoms with van der Waals surface area (Å²) < 4.78 is 5.39. The Hall–Kier alpha value is -1.35. The van der Waals surface area contributed by atoms with Gasteiger partial charge in [-0.2, -0.15) is 0 Å². The number of aliphatic carboxylic acids is 1. The van der Waals surface area contributed by atoms with Gasteiger partial charge in [-0.1, -0.05) is 24.3 Å². The van der Waals surface area contributed by atoms with E-state index in [1.54, 1.807) is 0 Å². The fourth-order valence-corrected chi connectivity index (χ4v) is 3.45. The van der Waals surface area contributed by atoms with E-state index in [1.165, 1.54) is 5.56 Å². The predicted octanol–water partition coefficient (Wildman–Crippen LogP) is 2.38. The fourth-order valence-electron chi connectivity index (χ4n) is 3.45. The molecule has 3 rings (SSSR count). The van der Waals surface area contributed by atoms with Crippen LogP contribution in [-0.2, 0) is 21.4 Å². The summed E-state index contributed by atoms with van der Waals surface area (Å²) in [5.41, 5.74) is 1.57. The zero-order valence-corrected chi connectivity index (χ0v) is 10.4. The summed E-state index contributed by atoms with van der Waals surface area (Å²) in [6, 6.07) is 8.00. The van der Waals surface area contributed by atoms with Crippen LogP contribution < -0.4 is 0 Å². The number of fused-ring (bicyclic) bond motifs is 1. The van der Waals surface area contributed by atoms with Crippen LogP contribution in [0.1, 0.15) is 30.4 Å². The molecule has 0 saturated carbocycles. The van der Waals surface area contributed by atoms with Gasteiger partial charge in [-0.15, -0.1) is 0 Å². The van der Waals surface area contributed by atoms with Crippen LogP contribution in [0.25, 0.3) is 0 Å². The molecule has 1 aliphatic heterocycles. The molecule has 3 nitrogen and oxygen atoms in total. The quantitative estimate of drug-likeness (QED) is 0.890. The molecule has 1 aliphatic carbocycles. The summed E-state index contributed by atoms with van der Waals surface area (Å²) in [6.07, 6.45) is 3.34. The lowest BCUT2D eigenvalue weighted by Crippen LogP contribution is -2.36.